The molecule has 0 aromatic rings. The predicted molar refractivity (Wildman–Crippen MR) is 48.2 cm³/mol. The minimum absolute atomic E-state index is 0.0109. The lowest BCUT2D eigenvalue weighted by Crippen LogP contribution is -2.19. The van der Waals surface area contributed by atoms with Crippen molar-refractivity contribution in [2.45, 2.75) is 18.6 Å². The first-order chi connectivity index (χ1) is 6.24. The smallest absolute Gasteiger partial charge is 0.337 e. The molecular weight excluding hydrogens is 236 g/mol. The second-order valence-corrected chi connectivity index (χ2v) is 4.65. The molecule has 0 aromatic carbocycles. The predicted octanol–water partition coefficient (Wildman–Crippen LogP) is 1.23. The lowest BCUT2D eigenvalue weighted by atomic mass is 10.00. The van der Waals surface area contributed by atoms with Crippen molar-refractivity contribution in [3.8, 4) is 0 Å². The van der Waals surface area contributed by atoms with E-state index in [0.717, 1.165) is 4.48 Å². The van der Waals surface area contributed by atoms with Crippen molar-refractivity contribution in [2.24, 2.45) is 11.8 Å². The highest BCUT2D eigenvalue weighted by Crippen LogP contribution is 2.61. The molecule has 1 saturated heterocycles. The summed E-state index contributed by atoms with van der Waals surface area (Å²) in [6.07, 6.45) is 1.35. The van der Waals surface area contributed by atoms with Crippen molar-refractivity contribution >= 4 is 21.9 Å². The molecule has 3 nitrogen and oxygen atoms in total. The van der Waals surface area contributed by atoms with Gasteiger partial charge in [0, 0.05) is 4.48 Å². The topological polar surface area (TPSA) is 35.5 Å². The molecule has 2 heterocycles. The number of halogens is 1. The van der Waals surface area contributed by atoms with Gasteiger partial charge in [-0.05, 0) is 18.3 Å². The molecule has 0 unspecified atom stereocenters. The minimum Gasteiger partial charge on any atom is -0.466 e. The highest BCUT2D eigenvalue weighted by Gasteiger charge is 2.63. The van der Waals surface area contributed by atoms with Gasteiger partial charge in [-0.25, -0.2) is 4.79 Å². The standard InChI is InChI=1S/C9H9BrO3/c1-12-9(11)5-6(10)8-4-2-3(4)7(5)13-8/h3-4,7-8H,2H2,1H3/t3-,4+,7-,8+/m1/s1. The van der Waals surface area contributed by atoms with Crippen LogP contribution in [0.3, 0.4) is 0 Å². The largest absolute Gasteiger partial charge is 0.466 e. The number of rotatable bonds is 1. The van der Waals surface area contributed by atoms with Crippen molar-refractivity contribution in [3.63, 3.8) is 0 Å². The van der Waals surface area contributed by atoms with Gasteiger partial charge in [-0.15, -0.1) is 0 Å². The van der Waals surface area contributed by atoms with Crippen molar-refractivity contribution < 1.29 is 14.3 Å². The Hall–Kier alpha value is -0.350. The first-order valence-electron chi connectivity index (χ1n) is 4.37. The van der Waals surface area contributed by atoms with E-state index in [0.29, 0.717) is 17.4 Å². The zero-order valence-electron chi connectivity index (χ0n) is 7.12. The first kappa shape index (κ1) is 8.00. The molecule has 0 radical (unpaired) electrons. The molecule has 13 heavy (non-hydrogen) atoms. The van der Waals surface area contributed by atoms with Crippen LogP contribution in [-0.2, 0) is 14.3 Å². The van der Waals surface area contributed by atoms with E-state index < -0.39 is 0 Å². The molecule has 2 bridgehead atoms. The molecule has 1 saturated carbocycles. The quantitative estimate of drug-likeness (QED) is 0.651. The zero-order valence-corrected chi connectivity index (χ0v) is 8.71. The summed E-state index contributed by atoms with van der Waals surface area (Å²) in [5.41, 5.74) is 0.714. The average Bonchev–Trinajstić information content (AvgIpc) is 2.77. The second-order valence-electron chi connectivity index (χ2n) is 3.79. The van der Waals surface area contributed by atoms with Crippen LogP contribution in [0.15, 0.2) is 10.1 Å². The summed E-state index contributed by atoms with van der Waals surface area (Å²) >= 11 is 3.42. The monoisotopic (exact) mass is 244 g/mol. The van der Waals surface area contributed by atoms with Crippen molar-refractivity contribution in [1.29, 1.82) is 0 Å². The van der Waals surface area contributed by atoms with Gasteiger partial charge >= 0.3 is 5.97 Å². The van der Waals surface area contributed by atoms with Gasteiger partial charge < -0.3 is 9.47 Å². The Morgan fingerprint density at radius 3 is 2.85 bits per heavy atom. The number of hydrogen-bond donors (Lipinski definition) is 0. The summed E-state index contributed by atoms with van der Waals surface area (Å²) in [5.74, 6) is 0.998. The number of methoxy groups -OCH3 is 1. The molecule has 3 aliphatic rings. The highest BCUT2D eigenvalue weighted by molar-refractivity contribution is 9.11. The number of esters is 1. The maximum atomic E-state index is 11.4. The maximum absolute atomic E-state index is 11.4. The third-order valence-corrected chi connectivity index (χ3v) is 4.04. The van der Waals surface area contributed by atoms with Gasteiger partial charge in [-0.1, -0.05) is 15.9 Å². The molecule has 70 valence electrons. The summed E-state index contributed by atoms with van der Waals surface area (Å²) in [7, 11) is 1.41. The summed E-state index contributed by atoms with van der Waals surface area (Å²) in [5, 5.41) is 0. The lowest BCUT2D eigenvalue weighted by molar-refractivity contribution is -0.137. The summed E-state index contributed by atoms with van der Waals surface area (Å²) in [6, 6.07) is 0. The summed E-state index contributed by atoms with van der Waals surface area (Å²) in [4.78, 5) is 11.4. The average molecular weight is 245 g/mol. The summed E-state index contributed by atoms with van der Waals surface area (Å²) < 4.78 is 11.3. The maximum Gasteiger partial charge on any atom is 0.337 e. The minimum atomic E-state index is -0.246. The second kappa shape index (κ2) is 2.36. The third kappa shape index (κ3) is 0.854. The van der Waals surface area contributed by atoms with Crippen LogP contribution in [0, 0.1) is 11.8 Å². The van der Waals surface area contributed by atoms with Crippen molar-refractivity contribution in [2.75, 3.05) is 7.11 Å². The zero-order chi connectivity index (χ0) is 9.16. The van der Waals surface area contributed by atoms with Crippen LogP contribution in [0.5, 0.6) is 0 Å². The van der Waals surface area contributed by atoms with E-state index in [2.05, 4.69) is 15.9 Å². The molecule has 1 aliphatic carbocycles. The molecule has 0 aromatic heterocycles. The Morgan fingerprint density at radius 2 is 2.23 bits per heavy atom. The van der Waals surface area contributed by atoms with Crippen LogP contribution in [0.1, 0.15) is 6.42 Å². The van der Waals surface area contributed by atoms with Gasteiger partial charge in [0.25, 0.3) is 0 Å². The number of carbonyl (C=O) groups excluding carboxylic acids is 1. The molecule has 0 amide bonds. The molecule has 0 N–H and O–H groups in total. The Kier molecular flexibility index (Phi) is 1.45. The van der Waals surface area contributed by atoms with Crippen LogP contribution in [0.2, 0.25) is 0 Å². The Balaban J connectivity index is 1.99. The van der Waals surface area contributed by atoms with Gasteiger partial charge in [0.15, 0.2) is 0 Å². The normalized spacial score (nSPS) is 45.1. The molecule has 2 fully saturated rings. The molecule has 4 heteroatoms. The fraction of sp³-hybridized carbons (Fsp3) is 0.667. The van der Waals surface area contributed by atoms with Crippen molar-refractivity contribution in [1.82, 2.24) is 0 Å². The van der Waals surface area contributed by atoms with E-state index in [1.165, 1.54) is 13.5 Å². The number of fused-ring (bicyclic) bond motifs is 5. The molecular formula is C9H9BrO3. The number of carbonyl (C=O) groups is 1. The summed E-state index contributed by atoms with van der Waals surface area (Å²) in [6.45, 7) is 0. The van der Waals surface area contributed by atoms with Gasteiger partial charge in [-0.2, -0.15) is 0 Å². The Bertz CT molecular complexity index is 323. The van der Waals surface area contributed by atoms with E-state index in [4.69, 9.17) is 9.47 Å². The van der Waals surface area contributed by atoms with E-state index in [1.807, 2.05) is 0 Å². The van der Waals surface area contributed by atoms with Crippen molar-refractivity contribution in [3.05, 3.63) is 10.1 Å². The molecule has 3 rings (SSSR count). The number of hydrogen-bond acceptors (Lipinski definition) is 3. The lowest BCUT2D eigenvalue weighted by Gasteiger charge is -2.09. The van der Waals surface area contributed by atoms with E-state index >= 15 is 0 Å². The van der Waals surface area contributed by atoms with Crippen LogP contribution in [0.25, 0.3) is 0 Å². The van der Waals surface area contributed by atoms with E-state index in [1.54, 1.807) is 0 Å². The Labute approximate surface area is 84.2 Å². The van der Waals surface area contributed by atoms with Gasteiger partial charge in [-0.3, -0.25) is 0 Å². The number of ether oxygens (including phenoxy) is 2. The molecule has 2 aliphatic heterocycles. The van der Waals surface area contributed by atoms with Crippen LogP contribution >= 0.6 is 15.9 Å². The van der Waals surface area contributed by atoms with Gasteiger partial charge in [0.05, 0.1) is 24.9 Å². The fourth-order valence-corrected chi connectivity index (χ4v) is 3.27. The van der Waals surface area contributed by atoms with Gasteiger partial charge in [0.2, 0.25) is 0 Å². The van der Waals surface area contributed by atoms with Crippen LogP contribution < -0.4 is 0 Å². The molecule has 4 atom stereocenters. The van der Waals surface area contributed by atoms with Crippen LogP contribution in [-0.4, -0.2) is 25.3 Å². The SMILES string of the molecule is COC(=O)C1=C(Br)[C@H]2O[C@@H]1[C@@H]1C[C@@H]12. The fourth-order valence-electron chi connectivity index (χ4n) is 2.43. The van der Waals surface area contributed by atoms with E-state index in [-0.39, 0.29) is 18.2 Å². The van der Waals surface area contributed by atoms with E-state index in [9.17, 15) is 4.79 Å². The Morgan fingerprint density at radius 1 is 1.54 bits per heavy atom. The highest BCUT2D eigenvalue weighted by atomic mass is 79.9. The first-order valence-corrected chi connectivity index (χ1v) is 5.16. The third-order valence-electron chi connectivity index (χ3n) is 3.16. The molecule has 0 spiro atoms. The van der Waals surface area contributed by atoms with Crippen LogP contribution in [0.4, 0.5) is 0 Å². The van der Waals surface area contributed by atoms with Gasteiger partial charge in [0.1, 0.15) is 0 Å².